The van der Waals surface area contributed by atoms with Gasteiger partial charge in [-0.3, -0.25) is 4.98 Å². The van der Waals surface area contributed by atoms with Crippen molar-refractivity contribution in [2.45, 2.75) is 36.8 Å². The van der Waals surface area contributed by atoms with E-state index in [-0.39, 0.29) is 18.6 Å². The third-order valence-corrected chi connectivity index (χ3v) is 8.15. The van der Waals surface area contributed by atoms with Gasteiger partial charge in [0.05, 0.1) is 18.8 Å². The van der Waals surface area contributed by atoms with Crippen LogP contribution in [0.2, 0.25) is 0 Å². The average Bonchev–Trinajstić information content (AvgIpc) is 2.90. The van der Waals surface area contributed by atoms with E-state index in [0.29, 0.717) is 66.2 Å². The summed E-state index contributed by atoms with van der Waals surface area (Å²) in [6.07, 6.45) is 1.22. The molecule has 1 unspecified atom stereocenters. The fourth-order valence-electron chi connectivity index (χ4n) is 4.84. The van der Waals surface area contributed by atoms with Crippen LogP contribution in [0.4, 0.5) is 22.0 Å². The minimum absolute atomic E-state index is 0.0416. The van der Waals surface area contributed by atoms with Gasteiger partial charge in [-0.15, -0.1) is 11.8 Å². The Hall–Kier alpha value is -2.43. The Balaban J connectivity index is 1.32. The molecule has 2 heterocycles. The van der Waals surface area contributed by atoms with Crippen molar-refractivity contribution in [2.75, 3.05) is 39.1 Å². The second-order valence-electron chi connectivity index (χ2n) is 9.46. The van der Waals surface area contributed by atoms with Crippen LogP contribution >= 0.6 is 11.8 Å². The largest absolute Gasteiger partial charge is 0.497 e. The molecule has 0 radical (unpaired) electrons. The van der Waals surface area contributed by atoms with Crippen molar-refractivity contribution in [1.29, 1.82) is 0 Å². The lowest BCUT2D eigenvalue weighted by Crippen LogP contribution is -2.42. The van der Waals surface area contributed by atoms with Gasteiger partial charge < -0.3 is 14.7 Å². The first-order chi connectivity index (χ1) is 17.7. The van der Waals surface area contributed by atoms with E-state index in [1.807, 2.05) is 0 Å². The first-order valence-corrected chi connectivity index (χ1v) is 13.1. The van der Waals surface area contributed by atoms with Crippen LogP contribution < -0.4 is 4.74 Å². The van der Waals surface area contributed by atoms with Crippen molar-refractivity contribution in [3.05, 3.63) is 65.4 Å². The standard InChI is InChI=1S/C27H29F5N2O2S/c1-36-17-2-3-24-19(12-17)25(23(31)15-33-24)20(28)4-5-27(16-35)6-8-34(9-7-27)10-11-37-18-13-21(29)26(32)22(30)14-18/h2-3,12-15,20,35H,4-11,16H2,1H3. The number of aliphatic hydroxyl groups excluding tert-OH is 1. The minimum atomic E-state index is -1.56. The summed E-state index contributed by atoms with van der Waals surface area (Å²) in [6, 6.07) is 6.90. The van der Waals surface area contributed by atoms with Crippen LogP contribution in [-0.4, -0.2) is 54.1 Å². The summed E-state index contributed by atoms with van der Waals surface area (Å²) in [5.41, 5.74) is -0.0251. The molecule has 37 heavy (non-hydrogen) atoms. The number of alkyl halides is 1. The molecule has 0 aliphatic carbocycles. The third-order valence-electron chi connectivity index (χ3n) is 7.20. The monoisotopic (exact) mass is 540 g/mol. The van der Waals surface area contributed by atoms with E-state index in [1.54, 1.807) is 18.2 Å². The molecule has 0 spiro atoms. The molecule has 2 aromatic carbocycles. The van der Waals surface area contributed by atoms with Crippen molar-refractivity contribution in [3.63, 3.8) is 0 Å². The highest BCUT2D eigenvalue weighted by molar-refractivity contribution is 7.99. The number of aliphatic hydroxyl groups is 1. The van der Waals surface area contributed by atoms with Crippen LogP contribution in [0.5, 0.6) is 5.75 Å². The van der Waals surface area contributed by atoms with Crippen LogP contribution in [-0.2, 0) is 0 Å². The molecular formula is C27H29F5N2O2S. The summed E-state index contributed by atoms with van der Waals surface area (Å²) in [6.45, 7) is 1.90. The summed E-state index contributed by atoms with van der Waals surface area (Å²) in [4.78, 5) is 6.54. The number of piperidine rings is 1. The topological polar surface area (TPSA) is 45.6 Å². The molecule has 1 saturated heterocycles. The van der Waals surface area contributed by atoms with E-state index >= 15 is 4.39 Å². The van der Waals surface area contributed by atoms with Crippen molar-refractivity contribution >= 4 is 22.7 Å². The molecule has 1 aromatic heterocycles. The van der Waals surface area contributed by atoms with Gasteiger partial charge in [0.25, 0.3) is 0 Å². The van der Waals surface area contributed by atoms with Crippen molar-refractivity contribution < 1.29 is 31.8 Å². The van der Waals surface area contributed by atoms with Gasteiger partial charge in [0.1, 0.15) is 17.7 Å². The second kappa shape index (κ2) is 12.0. The first-order valence-electron chi connectivity index (χ1n) is 12.1. The molecular weight excluding hydrogens is 511 g/mol. The molecule has 200 valence electrons. The molecule has 1 fully saturated rings. The Bertz CT molecular complexity index is 1210. The van der Waals surface area contributed by atoms with Gasteiger partial charge in [-0.05, 0) is 74.5 Å². The summed E-state index contributed by atoms with van der Waals surface area (Å²) >= 11 is 1.24. The Morgan fingerprint density at radius 2 is 1.78 bits per heavy atom. The molecule has 4 nitrogen and oxygen atoms in total. The quantitative estimate of drug-likeness (QED) is 0.182. The van der Waals surface area contributed by atoms with Gasteiger partial charge in [0.15, 0.2) is 17.5 Å². The van der Waals surface area contributed by atoms with Gasteiger partial charge in [0, 0.05) is 34.7 Å². The number of benzene rings is 2. The molecule has 1 N–H and O–H groups in total. The first kappa shape index (κ1) is 27.6. The number of thioether (sulfide) groups is 1. The Morgan fingerprint density at radius 3 is 2.43 bits per heavy atom. The summed E-state index contributed by atoms with van der Waals surface area (Å²) in [5.74, 6) is -3.56. The maximum absolute atomic E-state index is 15.4. The Kier molecular flexibility index (Phi) is 8.92. The van der Waals surface area contributed by atoms with Gasteiger partial charge in [-0.25, -0.2) is 22.0 Å². The summed E-state index contributed by atoms with van der Waals surface area (Å²) in [5, 5.41) is 10.5. The molecule has 10 heteroatoms. The normalized spacial score (nSPS) is 16.7. The van der Waals surface area contributed by atoms with Crippen LogP contribution in [0.1, 0.15) is 37.4 Å². The fourth-order valence-corrected chi connectivity index (χ4v) is 5.80. The third kappa shape index (κ3) is 6.35. The van der Waals surface area contributed by atoms with E-state index in [2.05, 4.69) is 9.88 Å². The second-order valence-corrected chi connectivity index (χ2v) is 10.6. The lowest BCUT2D eigenvalue weighted by molar-refractivity contribution is 0.0321. The Labute approximate surface area is 216 Å². The number of aromatic nitrogens is 1. The SMILES string of the molecule is COc1ccc2ncc(F)c(C(F)CCC3(CO)CCN(CCSc4cc(F)c(F)c(F)c4)CC3)c2c1. The number of likely N-dealkylation sites (tertiary alicyclic amines) is 1. The summed E-state index contributed by atoms with van der Waals surface area (Å²) in [7, 11) is 1.49. The zero-order valence-corrected chi connectivity index (χ0v) is 21.3. The van der Waals surface area contributed by atoms with Crippen molar-refractivity contribution in [3.8, 4) is 5.75 Å². The molecule has 3 aromatic rings. The van der Waals surface area contributed by atoms with Crippen LogP contribution in [0, 0.1) is 28.7 Å². The number of hydrogen-bond donors (Lipinski definition) is 1. The van der Waals surface area contributed by atoms with E-state index < -0.39 is 34.9 Å². The minimum Gasteiger partial charge on any atom is -0.497 e. The van der Waals surface area contributed by atoms with Gasteiger partial charge in [-0.1, -0.05) is 0 Å². The van der Waals surface area contributed by atoms with Crippen LogP contribution in [0.15, 0.2) is 41.4 Å². The maximum Gasteiger partial charge on any atom is 0.194 e. The highest BCUT2D eigenvalue weighted by Gasteiger charge is 2.35. The predicted molar refractivity (Wildman–Crippen MR) is 134 cm³/mol. The lowest BCUT2D eigenvalue weighted by Gasteiger charge is -2.41. The van der Waals surface area contributed by atoms with Crippen molar-refractivity contribution in [2.24, 2.45) is 5.41 Å². The molecule has 0 amide bonds. The van der Waals surface area contributed by atoms with Gasteiger partial charge in [-0.2, -0.15) is 0 Å². The number of ether oxygens (including phenoxy) is 1. The highest BCUT2D eigenvalue weighted by Crippen LogP contribution is 2.41. The number of rotatable bonds is 10. The number of pyridine rings is 1. The van der Waals surface area contributed by atoms with E-state index in [0.717, 1.165) is 18.3 Å². The van der Waals surface area contributed by atoms with E-state index in [9.17, 15) is 22.7 Å². The van der Waals surface area contributed by atoms with Crippen LogP contribution in [0.3, 0.4) is 0 Å². The van der Waals surface area contributed by atoms with Gasteiger partial charge in [0.2, 0.25) is 0 Å². The molecule has 1 aliphatic rings. The molecule has 1 aliphatic heterocycles. The maximum atomic E-state index is 15.4. The number of hydrogen-bond acceptors (Lipinski definition) is 5. The Morgan fingerprint density at radius 1 is 1.08 bits per heavy atom. The zero-order chi connectivity index (χ0) is 26.6. The van der Waals surface area contributed by atoms with E-state index in [4.69, 9.17) is 4.74 Å². The van der Waals surface area contributed by atoms with Crippen LogP contribution in [0.25, 0.3) is 10.9 Å². The molecule has 1 atom stereocenters. The average molecular weight is 541 g/mol. The van der Waals surface area contributed by atoms with E-state index in [1.165, 1.54) is 18.9 Å². The number of halogens is 5. The fraction of sp³-hybridized carbons (Fsp3) is 0.444. The number of fused-ring (bicyclic) bond motifs is 1. The van der Waals surface area contributed by atoms with Crippen molar-refractivity contribution in [1.82, 2.24) is 9.88 Å². The molecule has 0 bridgehead atoms. The smallest absolute Gasteiger partial charge is 0.194 e. The van der Waals surface area contributed by atoms with Gasteiger partial charge >= 0.3 is 0 Å². The number of methoxy groups -OCH3 is 1. The highest BCUT2D eigenvalue weighted by atomic mass is 32.2. The zero-order valence-electron chi connectivity index (χ0n) is 20.5. The molecule has 0 saturated carbocycles. The predicted octanol–water partition coefficient (Wildman–Crippen LogP) is 6.46. The lowest BCUT2D eigenvalue weighted by atomic mass is 9.74. The number of nitrogens with zero attached hydrogens (tertiary/aromatic N) is 2. The molecule has 4 rings (SSSR count). The summed E-state index contributed by atoms with van der Waals surface area (Å²) < 4.78 is 75.2.